The molecule has 15 heteroatoms. The molecule has 0 radical (unpaired) electrons. The highest BCUT2D eigenvalue weighted by Gasteiger charge is 2.23. The number of carbonyl (C=O) groups is 2. The number of aliphatic hydroxyl groups is 1. The van der Waals surface area contributed by atoms with Gasteiger partial charge in [0.05, 0.1) is 47.5 Å². The van der Waals surface area contributed by atoms with Crippen molar-refractivity contribution in [1.82, 2.24) is 19.1 Å². The van der Waals surface area contributed by atoms with E-state index in [1.165, 1.54) is 50.9 Å². The van der Waals surface area contributed by atoms with Crippen LogP contribution < -0.4 is 0 Å². The Kier molecular flexibility index (Phi) is 11.9. The smallest absolute Gasteiger partial charge is 0.360 e. The molecule has 4 heterocycles. The number of halogens is 4. The van der Waals surface area contributed by atoms with Crippen molar-refractivity contribution in [3.05, 3.63) is 116 Å². The molecule has 0 fully saturated rings. The van der Waals surface area contributed by atoms with Gasteiger partial charge in [0.2, 0.25) is 0 Å². The predicted molar refractivity (Wildman–Crippen MR) is 180 cm³/mol. The molecule has 0 aliphatic heterocycles. The quantitative estimate of drug-likeness (QED) is 0.160. The zero-order valence-electron chi connectivity index (χ0n) is 25.6. The highest BCUT2D eigenvalue weighted by molar-refractivity contribution is 9.13. The van der Waals surface area contributed by atoms with Gasteiger partial charge < -0.3 is 33.9 Å². The predicted octanol–water partition coefficient (Wildman–Crippen LogP) is 6.57. The number of ether oxygens (including phenoxy) is 2. The molecule has 6 rings (SSSR count). The van der Waals surface area contributed by atoms with Crippen molar-refractivity contribution in [2.24, 2.45) is 0 Å². The summed E-state index contributed by atoms with van der Waals surface area (Å²) in [7, 11) is 3.45. The Morgan fingerprint density at radius 2 is 1.23 bits per heavy atom. The van der Waals surface area contributed by atoms with Crippen LogP contribution in [0.2, 0.25) is 0 Å². The maximum absolute atomic E-state index is 13.1. The molecule has 4 aromatic heterocycles. The van der Waals surface area contributed by atoms with Gasteiger partial charge in [-0.3, -0.25) is 0 Å². The minimum atomic E-state index is -0.719. The average Bonchev–Trinajstić information content (AvgIpc) is 3.62. The second kappa shape index (κ2) is 15.8. The summed E-state index contributed by atoms with van der Waals surface area (Å²) < 4.78 is 40.1. The molecule has 0 saturated carbocycles. The van der Waals surface area contributed by atoms with E-state index in [9.17, 15) is 28.6 Å². The fraction of sp³-hybridized carbons (Fsp3) is 0.152. The van der Waals surface area contributed by atoms with Gasteiger partial charge in [0.1, 0.15) is 16.2 Å². The molecule has 11 nitrogen and oxygen atoms in total. The molecule has 0 saturated heterocycles. The van der Waals surface area contributed by atoms with Crippen LogP contribution in [-0.2, 0) is 22.6 Å². The normalized spacial score (nSPS) is 10.6. The molecular formula is C33H28Br2F2N4O7. The maximum Gasteiger partial charge on any atom is 0.360 e. The summed E-state index contributed by atoms with van der Waals surface area (Å²) in [4.78, 5) is 31.2. The van der Waals surface area contributed by atoms with Crippen LogP contribution in [-0.4, -0.2) is 67.7 Å². The van der Waals surface area contributed by atoms with Crippen molar-refractivity contribution in [3.8, 4) is 11.5 Å². The van der Waals surface area contributed by atoms with Gasteiger partial charge in [-0.2, -0.15) is 0 Å². The number of aromatic nitrogens is 4. The molecule has 3 N–H and O–H groups in total. The van der Waals surface area contributed by atoms with Crippen molar-refractivity contribution in [2.45, 2.75) is 13.1 Å². The molecule has 6 aromatic rings. The van der Waals surface area contributed by atoms with Crippen molar-refractivity contribution < 1.29 is 43.2 Å². The Hall–Kier alpha value is -4.86. The maximum atomic E-state index is 13.1. The summed E-state index contributed by atoms with van der Waals surface area (Å²) >= 11 is 6.88. The summed E-state index contributed by atoms with van der Waals surface area (Å²) in [6.45, 7) is 0.935. The molecular weight excluding hydrogens is 762 g/mol. The Balaban J connectivity index is 0.000000207. The molecule has 2 aromatic carbocycles. The molecule has 48 heavy (non-hydrogen) atoms. The van der Waals surface area contributed by atoms with Crippen molar-refractivity contribution in [1.29, 1.82) is 0 Å². The number of aromatic hydroxyl groups is 2. The molecule has 0 atom stereocenters. The topological polar surface area (TPSA) is 149 Å². The number of aliphatic hydroxyl groups excluding tert-OH is 1. The van der Waals surface area contributed by atoms with E-state index >= 15 is 0 Å². The van der Waals surface area contributed by atoms with Crippen LogP contribution in [0.15, 0.2) is 82.3 Å². The Morgan fingerprint density at radius 1 is 0.750 bits per heavy atom. The van der Waals surface area contributed by atoms with Crippen LogP contribution in [0.1, 0.15) is 32.1 Å². The van der Waals surface area contributed by atoms with Gasteiger partial charge in [-0.15, -0.1) is 0 Å². The SMILES string of the molecule is CO.COC(=O)c1ncc2c(c1O)c(Br)c(Br)n2Cc1ccc(F)cc1.COC(=O)c1ncc2c(ccn2Cc2ccc(F)cc2)c1O. The van der Waals surface area contributed by atoms with Gasteiger partial charge in [0.15, 0.2) is 22.9 Å². The summed E-state index contributed by atoms with van der Waals surface area (Å²) in [6, 6.07) is 14.0. The van der Waals surface area contributed by atoms with Crippen molar-refractivity contribution in [3.63, 3.8) is 0 Å². The Morgan fingerprint density at radius 3 is 1.75 bits per heavy atom. The lowest BCUT2D eigenvalue weighted by Crippen LogP contribution is -2.05. The number of benzene rings is 2. The number of methoxy groups -OCH3 is 2. The number of hydrogen-bond acceptors (Lipinski definition) is 9. The van der Waals surface area contributed by atoms with Gasteiger partial charge in [-0.05, 0) is 73.3 Å². The van der Waals surface area contributed by atoms with E-state index in [1.54, 1.807) is 36.5 Å². The summed E-state index contributed by atoms with van der Waals surface area (Å²) in [6.07, 6.45) is 4.77. The lowest BCUT2D eigenvalue weighted by molar-refractivity contribution is 0.0581. The zero-order valence-corrected chi connectivity index (χ0v) is 28.8. The number of pyridine rings is 2. The fourth-order valence-corrected chi connectivity index (χ4v) is 5.85. The first-order valence-electron chi connectivity index (χ1n) is 13.9. The molecule has 0 spiro atoms. The Labute approximate surface area is 289 Å². The van der Waals surface area contributed by atoms with E-state index in [4.69, 9.17) is 5.11 Å². The number of rotatable bonds is 6. The molecule has 0 unspecified atom stereocenters. The standard InChI is InChI=1S/C16H11Br2FN2O3.C16H13FN2O3.CH4O/c1-24-16(23)13-14(22)11-10(6-20-13)21(15(18)12(11)17)7-8-2-4-9(19)5-3-8;1-22-16(21)14-15(20)12-6-7-19(13(12)8-18-14)9-10-2-4-11(17)5-3-10;1-2/h2-6,22H,7H2,1H3;2-8,20H,9H2,1H3;2H,1H3. The summed E-state index contributed by atoms with van der Waals surface area (Å²) in [5.74, 6) is -2.47. The van der Waals surface area contributed by atoms with Crippen LogP contribution in [0.25, 0.3) is 21.8 Å². The van der Waals surface area contributed by atoms with Gasteiger partial charge in [0.25, 0.3) is 0 Å². The summed E-state index contributed by atoms with van der Waals surface area (Å²) in [5, 5.41) is 28.5. The molecule has 250 valence electrons. The number of hydrogen-bond donors (Lipinski definition) is 3. The molecule has 0 aliphatic rings. The monoisotopic (exact) mass is 788 g/mol. The van der Waals surface area contributed by atoms with E-state index < -0.39 is 11.9 Å². The number of fused-ring (bicyclic) bond motifs is 2. The minimum absolute atomic E-state index is 0.116. The lowest BCUT2D eigenvalue weighted by atomic mass is 10.2. The second-order valence-electron chi connectivity index (χ2n) is 9.84. The van der Waals surface area contributed by atoms with Gasteiger partial charge >= 0.3 is 11.9 Å². The first-order chi connectivity index (χ1) is 23.0. The van der Waals surface area contributed by atoms with E-state index in [2.05, 4.69) is 51.3 Å². The average molecular weight is 790 g/mol. The van der Waals surface area contributed by atoms with E-state index in [0.717, 1.165) is 18.2 Å². The van der Waals surface area contributed by atoms with Gasteiger partial charge in [-0.1, -0.05) is 24.3 Å². The number of carbonyl (C=O) groups excluding carboxylic acids is 2. The van der Waals surface area contributed by atoms with E-state index in [1.807, 2.05) is 9.13 Å². The van der Waals surface area contributed by atoms with Crippen LogP contribution in [0.5, 0.6) is 11.5 Å². The fourth-order valence-electron chi connectivity index (χ4n) is 4.73. The molecule has 0 amide bonds. The lowest BCUT2D eigenvalue weighted by Gasteiger charge is -2.08. The van der Waals surface area contributed by atoms with Gasteiger partial charge in [0, 0.05) is 31.8 Å². The molecule has 0 aliphatic carbocycles. The highest BCUT2D eigenvalue weighted by Crippen LogP contribution is 2.41. The Bertz CT molecular complexity index is 2080. The minimum Gasteiger partial charge on any atom is -0.505 e. The molecule has 0 bridgehead atoms. The van der Waals surface area contributed by atoms with E-state index in [0.29, 0.717) is 44.0 Å². The third-order valence-corrected chi connectivity index (χ3v) is 9.17. The highest BCUT2D eigenvalue weighted by atomic mass is 79.9. The van der Waals surface area contributed by atoms with Crippen LogP contribution in [0.3, 0.4) is 0 Å². The van der Waals surface area contributed by atoms with Gasteiger partial charge in [-0.25, -0.2) is 28.3 Å². The van der Waals surface area contributed by atoms with Crippen LogP contribution >= 0.6 is 31.9 Å². The third kappa shape index (κ3) is 7.48. The summed E-state index contributed by atoms with van der Waals surface area (Å²) in [5.41, 5.74) is 2.80. The van der Waals surface area contributed by atoms with Crippen LogP contribution in [0, 0.1) is 11.6 Å². The number of esters is 2. The van der Waals surface area contributed by atoms with Crippen LogP contribution in [0.4, 0.5) is 8.78 Å². The first-order valence-corrected chi connectivity index (χ1v) is 15.4. The van der Waals surface area contributed by atoms with E-state index in [-0.39, 0.29) is 34.5 Å². The van der Waals surface area contributed by atoms with Crippen molar-refractivity contribution in [2.75, 3.05) is 21.3 Å². The van der Waals surface area contributed by atoms with Crippen molar-refractivity contribution >= 4 is 65.6 Å². The zero-order chi connectivity index (χ0) is 35.1. The second-order valence-corrected chi connectivity index (χ2v) is 11.4. The first kappa shape index (κ1) is 36.0. The largest absolute Gasteiger partial charge is 0.505 e. The number of nitrogens with zero attached hydrogens (tertiary/aromatic N) is 4. The third-order valence-electron chi connectivity index (χ3n) is 7.04.